The van der Waals surface area contributed by atoms with Crippen LogP contribution in [0.15, 0.2) is 85.0 Å². The van der Waals surface area contributed by atoms with Crippen molar-refractivity contribution in [3.63, 3.8) is 0 Å². The van der Waals surface area contributed by atoms with E-state index in [0.717, 1.165) is 0 Å². The maximum atomic E-state index is 12.0. The molecule has 8 heteroatoms. The van der Waals surface area contributed by atoms with Gasteiger partial charge in [-0.15, -0.1) is 0 Å². The predicted octanol–water partition coefficient (Wildman–Crippen LogP) is 5.78. The summed E-state index contributed by atoms with van der Waals surface area (Å²) in [6.45, 7) is 20.2. The molecule has 0 aliphatic heterocycles. The minimum absolute atomic E-state index is 0.116. The maximum Gasteiger partial charge on any atom is 0.338 e. The molecule has 0 heterocycles. The van der Waals surface area contributed by atoms with Crippen LogP contribution in [0.2, 0.25) is 0 Å². The van der Waals surface area contributed by atoms with Crippen LogP contribution in [0.25, 0.3) is 12.2 Å². The lowest BCUT2D eigenvalue weighted by Crippen LogP contribution is -2.10. The third-order valence-electron chi connectivity index (χ3n) is 4.51. The fraction of sp³-hybridized carbons (Fsp3) is 0.133. The molecule has 0 spiro atoms. The summed E-state index contributed by atoms with van der Waals surface area (Å²) in [6, 6.07) is 8.94. The number of ether oxygens (including phenoxy) is 4. The Morgan fingerprint density at radius 1 is 0.474 bits per heavy atom. The van der Waals surface area contributed by atoms with Gasteiger partial charge < -0.3 is 18.9 Å². The van der Waals surface area contributed by atoms with Gasteiger partial charge in [0.2, 0.25) is 0 Å². The molecule has 0 saturated heterocycles. The maximum absolute atomic E-state index is 12.0. The summed E-state index contributed by atoms with van der Waals surface area (Å²) >= 11 is 0. The van der Waals surface area contributed by atoms with Gasteiger partial charge in [-0.3, -0.25) is 0 Å². The van der Waals surface area contributed by atoms with Crippen molar-refractivity contribution >= 4 is 36.0 Å². The van der Waals surface area contributed by atoms with Crippen molar-refractivity contribution in [2.75, 3.05) is 0 Å². The molecule has 196 valence electrons. The second-order valence-corrected chi connectivity index (χ2v) is 8.49. The van der Waals surface area contributed by atoms with Crippen molar-refractivity contribution in [1.29, 1.82) is 0 Å². The first kappa shape index (κ1) is 29.3. The van der Waals surface area contributed by atoms with E-state index in [1.54, 1.807) is 36.4 Å². The van der Waals surface area contributed by atoms with Crippen LogP contribution in [0.1, 0.15) is 38.8 Å². The average molecular weight is 517 g/mol. The van der Waals surface area contributed by atoms with Crippen LogP contribution in [0, 0.1) is 0 Å². The fourth-order valence-electron chi connectivity index (χ4n) is 2.58. The van der Waals surface area contributed by atoms with Crippen LogP contribution in [0.4, 0.5) is 0 Å². The van der Waals surface area contributed by atoms with E-state index < -0.39 is 23.9 Å². The molecule has 38 heavy (non-hydrogen) atoms. The molecule has 0 aromatic heterocycles. The predicted molar refractivity (Wildman–Crippen MR) is 144 cm³/mol. The second-order valence-electron chi connectivity index (χ2n) is 8.49. The van der Waals surface area contributed by atoms with Gasteiger partial charge in [0, 0.05) is 34.4 Å². The molecule has 2 rings (SSSR count). The van der Waals surface area contributed by atoms with Crippen molar-refractivity contribution in [2.45, 2.75) is 27.7 Å². The normalized spacial score (nSPS) is 10.3. The van der Waals surface area contributed by atoms with E-state index in [1.165, 1.54) is 39.8 Å². The number of esters is 4. The second kappa shape index (κ2) is 12.8. The molecule has 0 aliphatic rings. The van der Waals surface area contributed by atoms with Crippen LogP contribution in [0.5, 0.6) is 23.0 Å². The number of benzene rings is 2. The number of hydrogen-bond acceptors (Lipinski definition) is 8. The molecular formula is C30H28O8. The van der Waals surface area contributed by atoms with E-state index in [0.29, 0.717) is 11.1 Å². The zero-order chi connectivity index (χ0) is 28.6. The molecule has 8 nitrogen and oxygen atoms in total. The Bertz CT molecular complexity index is 1190. The van der Waals surface area contributed by atoms with E-state index in [1.807, 2.05) is 0 Å². The Balaban J connectivity index is 2.50. The molecule has 0 bridgehead atoms. The molecular weight excluding hydrogens is 488 g/mol. The quantitative estimate of drug-likeness (QED) is 0.169. The van der Waals surface area contributed by atoms with Crippen LogP contribution in [-0.4, -0.2) is 23.9 Å². The summed E-state index contributed by atoms with van der Waals surface area (Å²) in [4.78, 5) is 48.1. The Morgan fingerprint density at radius 3 is 0.868 bits per heavy atom. The molecule has 0 aliphatic carbocycles. The van der Waals surface area contributed by atoms with Crippen LogP contribution in [0.3, 0.4) is 0 Å². The van der Waals surface area contributed by atoms with Crippen molar-refractivity contribution in [3.8, 4) is 23.0 Å². The van der Waals surface area contributed by atoms with Gasteiger partial charge in [-0.2, -0.15) is 0 Å². The third-order valence-corrected chi connectivity index (χ3v) is 4.51. The molecule has 0 atom stereocenters. The zero-order valence-electron chi connectivity index (χ0n) is 21.7. The summed E-state index contributed by atoms with van der Waals surface area (Å²) in [5, 5.41) is 0. The minimum atomic E-state index is -0.653. The topological polar surface area (TPSA) is 105 Å². The highest BCUT2D eigenvalue weighted by atomic mass is 16.6. The highest BCUT2D eigenvalue weighted by Crippen LogP contribution is 2.28. The van der Waals surface area contributed by atoms with Gasteiger partial charge in [0.1, 0.15) is 23.0 Å². The van der Waals surface area contributed by atoms with Gasteiger partial charge in [0.15, 0.2) is 0 Å². The van der Waals surface area contributed by atoms with E-state index in [9.17, 15) is 19.2 Å². The highest BCUT2D eigenvalue weighted by molar-refractivity contribution is 5.91. The van der Waals surface area contributed by atoms with Gasteiger partial charge in [-0.25, -0.2) is 19.2 Å². The number of carbonyl (C=O) groups is 4. The molecule has 0 N–H and O–H groups in total. The van der Waals surface area contributed by atoms with Gasteiger partial charge >= 0.3 is 23.9 Å². The summed E-state index contributed by atoms with van der Waals surface area (Å²) < 4.78 is 21.2. The Morgan fingerprint density at radius 2 is 0.684 bits per heavy atom. The standard InChI is InChI=1S/C30H28O8/c1-17(2)27(31)35-23-11-21(12-24(15-23)36-28(32)18(3)4)9-10-22-13-25(37-29(33)19(5)6)16-26(14-22)38-30(34)20(7)8/h9-16H,1,3,5,7H2,2,4,6,8H3. The first-order valence-corrected chi connectivity index (χ1v) is 11.2. The molecule has 0 amide bonds. The van der Waals surface area contributed by atoms with E-state index >= 15 is 0 Å². The summed E-state index contributed by atoms with van der Waals surface area (Å²) in [6.07, 6.45) is 3.25. The molecule has 2 aromatic rings. The first-order chi connectivity index (χ1) is 17.7. The minimum Gasteiger partial charge on any atom is -0.423 e. The van der Waals surface area contributed by atoms with Gasteiger partial charge in [-0.05, 0) is 63.1 Å². The molecule has 0 saturated carbocycles. The molecule has 0 radical (unpaired) electrons. The van der Waals surface area contributed by atoms with Crippen molar-refractivity contribution in [2.24, 2.45) is 0 Å². The van der Waals surface area contributed by atoms with E-state index in [-0.39, 0.29) is 45.3 Å². The van der Waals surface area contributed by atoms with E-state index in [2.05, 4.69) is 26.3 Å². The molecule has 2 aromatic carbocycles. The monoisotopic (exact) mass is 516 g/mol. The number of rotatable bonds is 10. The Kier molecular flexibility index (Phi) is 9.87. The van der Waals surface area contributed by atoms with Crippen molar-refractivity contribution < 1.29 is 38.1 Å². The van der Waals surface area contributed by atoms with Gasteiger partial charge in [-0.1, -0.05) is 38.5 Å². The Labute approximate surface area is 221 Å². The zero-order valence-corrected chi connectivity index (χ0v) is 21.7. The fourth-order valence-corrected chi connectivity index (χ4v) is 2.58. The van der Waals surface area contributed by atoms with Crippen LogP contribution >= 0.6 is 0 Å². The third kappa shape index (κ3) is 8.91. The molecule has 0 fully saturated rings. The first-order valence-electron chi connectivity index (χ1n) is 11.2. The lowest BCUT2D eigenvalue weighted by atomic mass is 10.1. The lowest BCUT2D eigenvalue weighted by molar-refractivity contribution is -0.131. The van der Waals surface area contributed by atoms with Crippen LogP contribution in [-0.2, 0) is 19.2 Å². The lowest BCUT2D eigenvalue weighted by Gasteiger charge is -2.10. The number of hydrogen-bond donors (Lipinski definition) is 0. The largest absolute Gasteiger partial charge is 0.423 e. The summed E-state index contributed by atoms with van der Waals surface area (Å²) in [5.41, 5.74) is 1.72. The number of carbonyl (C=O) groups excluding carboxylic acids is 4. The highest BCUT2D eigenvalue weighted by Gasteiger charge is 2.13. The van der Waals surface area contributed by atoms with Gasteiger partial charge in [0.05, 0.1) is 0 Å². The average Bonchev–Trinajstić information content (AvgIpc) is 2.82. The smallest absolute Gasteiger partial charge is 0.338 e. The summed E-state index contributed by atoms with van der Waals surface area (Å²) in [7, 11) is 0. The molecule has 0 unspecified atom stereocenters. The van der Waals surface area contributed by atoms with Crippen LogP contribution < -0.4 is 18.9 Å². The van der Waals surface area contributed by atoms with Crippen molar-refractivity contribution in [1.82, 2.24) is 0 Å². The van der Waals surface area contributed by atoms with Gasteiger partial charge in [0.25, 0.3) is 0 Å². The van der Waals surface area contributed by atoms with E-state index in [4.69, 9.17) is 18.9 Å². The Hall–Kier alpha value is -4.98. The van der Waals surface area contributed by atoms with Crippen molar-refractivity contribution in [3.05, 3.63) is 96.1 Å². The SMILES string of the molecule is C=C(C)C(=O)Oc1cc(C=Cc2cc(OC(=O)C(=C)C)cc(OC(=O)C(=C)C)c2)cc(OC(=O)C(=C)C)c1. The summed E-state index contributed by atoms with van der Waals surface area (Å²) in [5.74, 6) is -2.15.